The molecule has 1 aromatic rings. The maximum Gasteiger partial charge on any atom is 0.243 e. The Balaban J connectivity index is 1.39. The Labute approximate surface area is 175 Å². The van der Waals surface area contributed by atoms with Crippen molar-refractivity contribution in [2.45, 2.75) is 13.8 Å². The standard InChI is InChI=1S/C21H23N5O2S/c1-14-5-3-7-17(15(14)2)24-9-11-25(12-10-24)18(27)13-26-20(28)16-6-4-8-22-19(16)23-21(26)29/h3-8,16H,9-13H2,1-2H3. The summed E-state index contributed by atoms with van der Waals surface area (Å²) in [5, 5.41) is 0.107. The van der Waals surface area contributed by atoms with E-state index < -0.39 is 5.92 Å². The quantitative estimate of drug-likeness (QED) is 0.713. The van der Waals surface area contributed by atoms with E-state index in [1.165, 1.54) is 21.7 Å². The van der Waals surface area contributed by atoms with Crippen LogP contribution < -0.4 is 4.90 Å². The fourth-order valence-corrected chi connectivity index (χ4v) is 4.06. The van der Waals surface area contributed by atoms with Crippen LogP contribution in [0.3, 0.4) is 0 Å². The summed E-state index contributed by atoms with van der Waals surface area (Å²) in [7, 11) is 0. The Hall–Kier alpha value is -2.87. The van der Waals surface area contributed by atoms with Gasteiger partial charge in [-0.1, -0.05) is 18.2 Å². The number of aliphatic imine (C=N–C) groups is 2. The fraction of sp³-hybridized carbons (Fsp3) is 0.381. The zero-order valence-corrected chi connectivity index (χ0v) is 17.4. The number of rotatable bonds is 3. The lowest BCUT2D eigenvalue weighted by molar-refractivity contribution is -0.138. The molecule has 7 nitrogen and oxygen atoms in total. The third kappa shape index (κ3) is 3.72. The van der Waals surface area contributed by atoms with E-state index in [0.717, 1.165) is 13.1 Å². The van der Waals surface area contributed by atoms with Crippen LogP contribution in [0.1, 0.15) is 11.1 Å². The molecule has 0 spiro atoms. The number of thiocarbonyl (C=S) groups is 1. The van der Waals surface area contributed by atoms with Gasteiger partial charge in [-0.2, -0.15) is 0 Å². The molecule has 0 saturated carbocycles. The first-order chi connectivity index (χ1) is 14.0. The number of piperazine rings is 1. The number of carbonyl (C=O) groups is 2. The zero-order chi connectivity index (χ0) is 20.5. The molecule has 29 heavy (non-hydrogen) atoms. The fourth-order valence-electron chi connectivity index (χ4n) is 3.81. The normalized spacial score (nSPS) is 21.4. The lowest BCUT2D eigenvalue weighted by Crippen LogP contribution is -2.54. The van der Waals surface area contributed by atoms with E-state index in [1.54, 1.807) is 23.3 Å². The predicted octanol–water partition coefficient (Wildman–Crippen LogP) is 1.73. The van der Waals surface area contributed by atoms with Crippen LogP contribution in [0.5, 0.6) is 0 Å². The number of amides is 2. The SMILES string of the molecule is Cc1cccc(N2CCN(C(=O)CN3C(=O)C4C=CC=NC4=NC3=S)CC2)c1C. The molecule has 0 aromatic heterocycles. The highest BCUT2D eigenvalue weighted by atomic mass is 32.1. The highest BCUT2D eigenvalue weighted by Crippen LogP contribution is 2.24. The van der Waals surface area contributed by atoms with Crippen molar-refractivity contribution in [1.29, 1.82) is 0 Å². The van der Waals surface area contributed by atoms with Crippen molar-refractivity contribution in [2.24, 2.45) is 15.9 Å². The van der Waals surface area contributed by atoms with E-state index >= 15 is 0 Å². The molecule has 1 saturated heterocycles. The first-order valence-electron chi connectivity index (χ1n) is 9.69. The molecule has 1 unspecified atom stereocenters. The summed E-state index contributed by atoms with van der Waals surface area (Å²) in [4.78, 5) is 39.3. The number of aryl methyl sites for hydroxylation is 1. The molecule has 1 atom stereocenters. The van der Waals surface area contributed by atoms with Crippen LogP contribution in [0.15, 0.2) is 40.3 Å². The molecule has 3 aliphatic heterocycles. The van der Waals surface area contributed by atoms with Crippen molar-refractivity contribution in [3.05, 3.63) is 41.5 Å². The zero-order valence-electron chi connectivity index (χ0n) is 16.5. The van der Waals surface area contributed by atoms with E-state index in [0.29, 0.717) is 18.9 Å². The molecule has 3 aliphatic rings. The second-order valence-electron chi connectivity index (χ2n) is 7.40. The lowest BCUT2D eigenvalue weighted by Gasteiger charge is -2.38. The van der Waals surface area contributed by atoms with Crippen LogP contribution in [-0.4, -0.2) is 71.5 Å². The van der Waals surface area contributed by atoms with Crippen molar-refractivity contribution >= 4 is 46.9 Å². The van der Waals surface area contributed by atoms with Gasteiger partial charge in [0.05, 0.1) is 0 Å². The second kappa shape index (κ2) is 7.87. The number of nitrogens with zero attached hydrogens (tertiary/aromatic N) is 5. The van der Waals surface area contributed by atoms with Gasteiger partial charge in [0.2, 0.25) is 16.9 Å². The monoisotopic (exact) mass is 409 g/mol. The summed E-state index contributed by atoms with van der Waals surface area (Å²) < 4.78 is 0. The number of benzene rings is 1. The lowest BCUT2D eigenvalue weighted by atomic mass is 10.0. The van der Waals surface area contributed by atoms with Crippen LogP contribution in [0, 0.1) is 19.8 Å². The summed E-state index contributed by atoms with van der Waals surface area (Å²) in [5.74, 6) is -0.507. The molecule has 2 amide bonds. The van der Waals surface area contributed by atoms with Crippen molar-refractivity contribution in [3.63, 3.8) is 0 Å². The third-order valence-electron chi connectivity index (χ3n) is 5.69. The second-order valence-corrected chi connectivity index (χ2v) is 7.77. The highest BCUT2D eigenvalue weighted by molar-refractivity contribution is 7.80. The van der Waals surface area contributed by atoms with Crippen LogP contribution in [0.4, 0.5) is 5.69 Å². The Morgan fingerprint density at radius 3 is 2.72 bits per heavy atom. The number of dihydropyridines is 1. The molecule has 0 bridgehead atoms. The van der Waals surface area contributed by atoms with Gasteiger partial charge in [-0.25, -0.2) is 9.98 Å². The molecule has 4 rings (SSSR count). The first kappa shape index (κ1) is 19.4. The van der Waals surface area contributed by atoms with E-state index in [4.69, 9.17) is 12.2 Å². The highest BCUT2D eigenvalue weighted by Gasteiger charge is 2.36. The first-order valence-corrected chi connectivity index (χ1v) is 10.1. The number of fused-ring (bicyclic) bond motifs is 1. The van der Waals surface area contributed by atoms with Gasteiger partial charge in [0.1, 0.15) is 18.3 Å². The Kier molecular flexibility index (Phi) is 5.27. The third-order valence-corrected chi connectivity index (χ3v) is 6.00. The van der Waals surface area contributed by atoms with Crippen molar-refractivity contribution < 1.29 is 9.59 Å². The topological polar surface area (TPSA) is 68.6 Å². The van der Waals surface area contributed by atoms with Gasteiger partial charge < -0.3 is 9.80 Å². The minimum Gasteiger partial charge on any atom is -0.368 e. The molecule has 8 heteroatoms. The minimum atomic E-state index is -0.555. The van der Waals surface area contributed by atoms with Gasteiger partial charge >= 0.3 is 0 Å². The van der Waals surface area contributed by atoms with E-state index in [2.05, 4.69) is 46.9 Å². The predicted molar refractivity (Wildman–Crippen MR) is 118 cm³/mol. The molecule has 3 heterocycles. The number of allylic oxidation sites excluding steroid dienone is 1. The minimum absolute atomic E-state index is 0.0774. The van der Waals surface area contributed by atoms with Crippen molar-refractivity contribution in [1.82, 2.24) is 9.80 Å². The van der Waals surface area contributed by atoms with E-state index in [-0.39, 0.29) is 23.5 Å². The van der Waals surface area contributed by atoms with Crippen molar-refractivity contribution in [2.75, 3.05) is 37.6 Å². The Morgan fingerprint density at radius 1 is 1.21 bits per heavy atom. The van der Waals surface area contributed by atoms with Crippen LogP contribution in [0.25, 0.3) is 0 Å². The summed E-state index contributed by atoms with van der Waals surface area (Å²) in [6.07, 6.45) is 5.03. The molecule has 1 fully saturated rings. The smallest absolute Gasteiger partial charge is 0.243 e. The average molecular weight is 410 g/mol. The van der Waals surface area contributed by atoms with Crippen LogP contribution in [-0.2, 0) is 9.59 Å². The largest absolute Gasteiger partial charge is 0.368 e. The molecule has 1 aromatic carbocycles. The summed E-state index contributed by atoms with van der Waals surface area (Å²) in [6, 6.07) is 6.30. The van der Waals surface area contributed by atoms with Crippen LogP contribution >= 0.6 is 12.2 Å². The average Bonchev–Trinajstić information content (AvgIpc) is 2.73. The summed E-state index contributed by atoms with van der Waals surface area (Å²) in [5.41, 5.74) is 3.75. The Bertz CT molecular complexity index is 960. The Morgan fingerprint density at radius 2 is 1.97 bits per heavy atom. The van der Waals surface area contributed by atoms with Gasteiger partial charge in [-0.05, 0) is 49.3 Å². The number of hydrogen-bond donors (Lipinski definition) is 0. The van der Waals surface area contributed by atoms with Gasteiger partial charge in [0.25, 0.3) is 0 Å². The van der Waals surface area contributed by atoms with Gasteiger partial charge in [0, 0.05) is 38.1 Å². The number of carbonyl (C=O) groups excluding carboxylic acids is 2. The molecular weight excluding hydrogens is 386 g/mol. The van der Waals surface area contributed by atoms with Gasteiger partial charge in [-0.15, -0.1) is 0 Å². The maximum absolute atomic E-state index is 12.8. The van der Waals surface area contributed by atoms with E-state index in [1.807, 2.05) is 0 Å². The summed E-state index contributed by atoms with van der Waals surface area (Å²) >= 11 is 5.24. The maximum atomic E-state index is 12.8. The number of amidine groups is 1. The molecule has 0 radical (unpaired) electrons. The number of anilines is 1. The van der Waals surface area contributed by atoms with Crippen molar-refractivity contribution in [3.8, 4) is 0 Å². The van der Waals surface area contributed by atoms with Gasteiger partial charge in [-0.3, -0.25) is 14.5 Å². The van der Waals surface area contributed by atoms with E-state index in [9.17, 15) is 9.59 Å². The number of hydrogen-bond acceptors (Lipinski definition) is 5. The van der Waals surface area contributed by atoms with Crippen LogP contribution in [0.2, 0.25) is 0 Å². The summed E-state index contributed by atoms with van der Waals surface area (Å²) in [6.45, 7) is 6.91. The van der Waals surface area contributed by atoms with Gasteiger partial charge in [0.15, 0.2) is 0 Å². The molecule has 0 aliphatic carbocycles. The molecule has 150 valence electrons. The molecule has 0 N–H and O–H groups in total. The molecular formula is C21H23N5O2S.